The molecule has 0 atom stereocenters. The first-order valence-corrected chi connectivity index (χ1v) is 4.38. The van der Waals surface area contributed by atoms with E-state index in [0.717, 1.165) is 12.1 Å². The van der Waals surface area contributed by atoms with Crippen molar-refractivity contribution in [3.8, 4) is 0 Å². The molecule has 1 aromatic heterocycles. The van der Waals surface area contributed by atoms with E-state index >= 15 is 0 Å². The van der Waals surface area contributed by atoms with Crippen LogP contribution in [0.2, 0.25) is 0 Å². The number of halogens is 2. The third-order valence-corrected chi connectivity index (χ3v) is 2.09. The van der Waals surface area contributed by atoms with Gasteiger partial charge in [0.25, 0.3) is 0 Å². The minimum atomic E-state index is 0. The number of aromatic nitrogens is 2. The van der Waals surface area contributed by atoms with Crippen LogP contribution < -0.4 is 5.32 Å². The van der Waals surface area contributed by atoms with E-state index in [2.05, 4.69) is 21.6 Å². The van der Waals surface area contributed by atoms with Gasteiger partial charge in [-0.2, -0.15) is 5.10 Å². The lowest BCUT2D eigenvalue weighted by molar-refractivity contribution is 0.592. The third-order valence-electron chi connectivity index (χ3n) is 2.09. The predicted molar refractivity (Wildman–Crippen MR) is 62.9 cm³/mol. The van der Waals surface area contributed by atoms with Crippen molar-refractivity contribution in [1.29, 1.82) is 0 Å². The molecule has 0 saturated carbocycles. The number of nitrogens with one attached hydrogen (secondary N) is 2. The van der Waals surface area contributed by atoms with E-state index in [1.54, 1.807) is 0 Å². The fraction of sp³-hybridized carbons (Fsp3) is 0.444. The third kappa shape index (κ3) is 3.60. The smallest absolute Gasteiger partial charge is 0.0560 e. The molecule has 0 unspecified atom stereocenters. The van der Waals surface area contributed by atoms with Crippen LogP contribution in [0, 0.1) is 0 Å². The van der Waals surface area contributed by atoms with Crippen LogP contribution in [0.1, 0.15) is 24.8 Å². The van der Waals surface area contributed by atoms with E-state index in [4.69, 9.17) is 0 Å². The van der Waals surface area contributed by atoms with E-state index in [-0.39, 0.29) is 24.8 Å². The molecule has 0 radical (unpaired) electrons. The van der Waals surface area contributed by atoms with E-state index in [1.165, 1.54) is 25.0 Å². The van der Waals surface area contributed by atoms with E-state index in [1.807, 2.05) is 12.4 Å². The van der Waals surface area contributed by atoms with Crippen molar-refractivity contribution < 1.29 is 0 Å². The molecule has 0 amide bonds. The summed E-state index contributed by atoms with van der Waals surface area (Å²) >= 11 is 0. The molecule has 0 aliphatic carbocycles. The quantitative estimate of drug-likeness (QED) is 0.785. The zero-order valence-electron chi connectivity index (χ0n) is 7.82. The summed E-state index contributed by atoms with van der Waals surface area (Å²) in [5.41, 5.74) is 2.49. The van der Waals surface area contributed by atoms with E-state index < -0.39 is 0 Å². The number of nitrogens with zero attached hydrogens (tertiary/aromatic N) is 1. The first-order valence-electron chi connectivity index (χ1n) is 4.38. The molecule has 80 valence electrons. The Balaban J connectivity index is 0.000000845. The van der Waals surface area contributed by atoms with Gasteiger partial charge in [-0.3, -0.25) is 5.10 Å². The van der Waals surface area contributed by atoms with E-state index in [0.29, 0.717) is 0 Å². The fourth-order valence-corrected chi connectivity index (χ4v) is 1.44. The van der Waals surface area contributed by atoms with Gasteiger partial charge in [0.15, 0.2) is 0 Å². The summed E-state index contributed by atoms with van der Waals surface area (Å²) in [6, 6.07) is 0. The molecule has 2 N–H and O–H groups in total. The molecule has 5 heteroatoms. The van der Waals surface area contributed by atoms with Gasteiger partial charge < -0.3 is 5.32 Å². The lowest BCUT2D eigenvalue weighted by atomic mass is 10.1. The van der Waals surface area contributed by atoms with Gasteiger partial charge in [0.1, 0.15) is 0 Å². The predicted octanol–water partition coefficient (Wildman–Crippen LogP) is 2.37. The fourth-order valence-electron chi connectivity index (χ4n) is 1.44. The zero-order chi connectivity index (χ0) is 8.23. The zero-order valence-corrected chi connectivity index (χ0v) is 9.46. The molecule has 2 rings (SSSR count). The number of allylic oxidation sites excluding steroid dienone is 1. The number of rotatable bonds is 1. The van der Waals surface area contributed by atoms with Crippen LogP contribution in [0.15, 0.2) is 18.1 Å². The Morgan fingerprint density at radius 3 is 2.71 bits per heavy atom. The summed E-state index contributed by atoms with van der Waals surface area (Å²) in [6.45, 7) is 1.11. The maximum Gasteiger partial charge on any atom is 0.0560 e. The largest absolute Gasteiger partial charge is 0.388 e. The van der Waals surface area contributed by atoms with Crippen molar-refractivity contribution in [2.75, 3.05) is 6.54 Å². The molecule has 14 heavy (non-hydrogen) atoms. The lowest BCUT2D eigenvalue weighted by Gasteiger charge is -2.15. The Kier molecular flexibility index (Phi) is 6.41. The first-order chi connectivity index (χ1) is 5.95. The minimum Gasteiger partial charge on any atom is -0.388 e. The number of piperidine rings is 1. The van der Waals surface area contributed by atoms with Gasteiger partial charge in [0.05, 0.1) is 6.20 Å². The molecule has 1 aliphatic heterocycles. The summed E-state index contributed by atoms with van der Waals surface area (Å²) in [4.78, 5) is 0. The highest BCUT2D eigenvalue weighted by molar-refractivity contribution is 5.85. The highest BCUT2D eigenvalue weighted by atomic mass is 35.5. The van der Waals surface area contributed by atoms with Gasteiger partial charge >= 0.3 is 0 Å². The van der Waals surface area contributed by atoms with Crippen molar-refractivity contribution in [2.24, 2.45) is 0 Å². The van der Waals surface area contributed by atoms with Crippen LogP contribution in [-0.2, 0) is 0 Å². The first kappa shape index (κ1) is 13.3. The second-order valence-corrected chi connectivity index (χ2v) is 3.09. The summed E-state index contributed by atoms with van der Waals surface area (Å²) < 4.78 is 0. The molecule has 1 aliphatic rings. The monoisotopic (exact) mass is 235 g/mol. The van der Waals surface area contributed by atoms with Gasteiger partial charge in [-0.15, -0.1) is 24.8 Å². The number of aromatic amines is 1. The van der Waals surface area contributed by atoms with E-state index in [9.17, 15) is 0 Å². The lowest BCUT2D eigenvalue weighted by Crippen LogP contribution is -2.19. The molecule has 0 spiro atoms. The summed E-state index contributed by atoms with van der Waals surface area (Å²) in [6.07, 6.45) is 9.67. The van der Waals surface area contributed by atoms with Crippen LogP contribution in [0.25, 0.3) is 6.08 Å². The van der Waals surface area contributed by atoms with Gasteiger partial charge in [-0.25, -0.2) is 0 Å². The molecule has 1 aromatic rings. The molecular weight excluding hydrogens is 221 g/mol. The van der Waals surface area contributed by atoms with Crippen LogP contribution >= 0.6 is 24.8 Å². The van der Waals surface area contributed by atoms with Crippen molar-refractivity contribution >= 4 is 30.9 Å². The molecule has 0 bridgehead atoms. The van der Waals surface area contributed by atoms with Crippen molar-refractivity contribution in [1.82, 2.24) is 15.5 Å². The van der Waals surface area contributed by atoms with Gasteiger partial charge in [0, 0.05) is 24.0 Å². The van der Waals surface area contributed by atoms with Gasteiger partial charge in [0.2, 0.25) is 0 Å². The van der Waals surface area contributed by atoms with Crippen molar-refractivity contribution in [2.45, 2.75) is 19.3 Å². The minimum absolute atomic E-state index is 0. The Bertz CT molecular complexity index is 262. The molecule has 1 saturated heterocycles. The Hall–Kier alpha value is -0.670. The second kappa shape index (κ2) is 6.74. The van der Waals surface area contributed by atoms with Crippen molar-refractivity contribution in [3.63, 3.8) is 0 Å². The molecule has 1 fully saturated rings. The topological polar surface area (TPSA) is 40.7 Å². The Morgan fingerprint density at radius 1 is 1.29 bits per heavy atom. The normalized spacial score (nSPS) is 17.9. The van der Waals surface area contributed by atoms with Crippen LogP contribution in [0.3, 0.4) is 0 Å². The van der Waals surface area contributed by atoms with Crippen LogP contribution in [-0.4, -0.2) is 16.7 Å². The summed E-state index contributed by atoms with van der Waals surface area (Å²) in [5.74, 6) is 0. The standard InChI is InChI=1S/C9H13N3.2ClH/c1-2-4-10-9(3-1)5-8-6-11-12-7-8;;/h5-7,10H,1-4H2,(H,11,12);2*1H. The average molecular weight is 236 g/mol. The van der Waals surface area contributed by atoms with Gasteiger partial charge in [-0.1, -0.05) is 0 Å². The Morgan fingerprint density at radius 2 is 2.14 bits per heavy atom. The number of hydrogen-bond donors (Lipinski definition) is 2. The van der Waals surface area contributed by atoms with Crippen LogP contribution in [0.5, 0.6) is 0 Å². The number of H-pyrrole nitrogens is 1. The average Bonchev–Trinajstić information content (AvgIpc) is 2.59. The van der Waals surface area contributed by atoms with Gasteiger partial charge in [-0.05, 0) is 25.3 Å². The highest BCUT2D eigenvalue weighted by Crippen LogP contribution is 2.13. The maximum absolute atomic E-state index is 3.89. The molecule has 3 nitrogen and oxygen atoms in total. The maximum atomic E-state index is 3.89. The second-order valence-electron chi connectivity index (χ2n) is 3.09. The molecular formula is C9H15Cl2N3. The SMILES string of the molecule is C(=C1CCCCN1)c1cn[nH]c1.Cl.Cl. The molecule has 2 heterocycles. The highest BCUT2D eigenvalue weighted by Gasteiger charge is 2.03. The van der Waals surface area contributed by atoms with Crippen molar-refractivity contribution in [3.05, 3.63) is 23.7 Å². The number of hydrogen-bond acceptors (Lipinski definition) is 2. The molecule has 0 aromatic carbocycles. The Labute approximate surface area is 96.2 Å². The summed E-state index contributed by atoms with van der Waals surface area (Å²) in [7, 11) is 0. The van der Waals surface area contributed by atoms with Crippen LogP contribution in [0.4, 0.5) is 0 Å². The summed E-state index contributed by atoms with van der Waals surface area (Å²) in [5, 5.41) is 10.1.